The van der Waals surface area contributed by atoms with E-state index in [0.29, 0.717) is 16.1 Å². The third kappa shape index (κ3) is 2.64. The zero-order valence-electron chi connectivity index (χ0n) is 10.4. The Labute approximate surface area is 114 Å². The number of hydrogen-bond acceptors (Lipinski definition) is 3. The van der Waals surface area contributed by atoms with Crippen LogP contribution < -0.4 is 16.2 Å². The molecule has 2 rings (SSSR count). The molecule has 1 aliphatic heterocycles. The first-order chi connectivity index (χ1) is 8.49. The number of pyridine rings is 1. The summed E-state index contributed by atoms with van der Waals surface area (Å²) in [5.41, 5.74) is 0.511. The van der Waals surface area contributed by atoms with Crippen LogP contribution in [0.3, 0.4) is 0 Å². The van der Waals surface area contributed by atoms with E-state index in [4.69, 9.17) is 0 Å². The summed E-state index contributed by atoms with van der Waals surface area (Å²) in [5, 5.41) is 6.00. The summed E-state index contributed by atoms with van der Waals surface area (Å²) < 4.78 is 1.88. The van der Waals surface area contributed by atoms with Crippen molar-refractivity contribution in [1.82, 2.24) is 9.88 Å². The molecule has 0 saturated carbocycles. The van der Waals surface area contributed by atoms with Crippen molar-refractivity contribution in [2.24, 2.45) is 18.9 Å². The first-order valence-corrected chi connectivity index (χ1v) is 6.66. The summed E-state index contributed by atoms with van der Waals surface area (Å²) >= 11 is 3.18. The molecule has 1 amide bonds. The van der Waals surface area contributed by atoms with Gasteiger partial charge in [-0.25, -0.2) is 0 Å². The summed E-state index contributed by atoms with van der Waals surface area (Å²) in [6, 6.07) is 1.63. The lowest BCUT2D eigenvalue weighted by molar-refractivity contribution is -0.121. The van der Waals surface area contributed by atoms with Gasteiger partial charge in [0.1, 0.15) is 0 Å². The number of rotatable bonds is 3. The van der Waals surface area contributed by atoms with Crippen LogP contribution in [-0.4, -0.2) is 23.6 Å². The summed E-state index contributed by atoms with van der Waals surface area (Å²) in [6.07, 6.45) is 1.62. The molecule has 0 spiro atoms. The van der Waals surface area contributed by atoms with Gasteiger partial charge in [-0.05, 0) is 41.0 Å². The predicted molar refractivity (Wildman–Crippen MR) is 73.5 cm³/mol. The molecule has 0 radical (unpaired) electrons. The normalized spacial score (nSPS) is 17.1. The van der Waals surface area contributed by atoms with Gasteiger partial charge in [0.25, 0.3) is 5.56 Å². The van der Waals surface area contributed by atoms with E-state index >= 15 is 0 Å². The van der Waals surface area contributed by atoms with Crippen molar-refractivity contribution in [3.8, 4) is 0 Å². The lowest BCUT2D eigenvalue weighted by atomic mass is 9.88. The maximum atomic E-state index is 12.0. The molecule has 1 atom stereocenters. The number of carbonyl (C=O) groups excluding carboxylic acids is 1. The van der Waals surface area contributed by atoms with Gasteiger partial charge in [0, 0.05) is 19.2 Å². The van der Waals surface area contributed by atoms with Crippen molar-refractivity contribution < 1.29 is 4.79 Å². The fraction of sp³-hybridized carbons (Fsp3) is 0.500. The number of nitrogens with zero attached hydrogens (tertiary/aromatic N) is 1. The number of hydrogen-bond donors (Lipinski definition) is 2. The third-order valence-corrected chi connectivity index (χ3v) is 3.91. The Morgan fingerprint density at radius 3 is 2.78 bits per heavy atom. The number of aryl methyl sites for hydroxylation is 1. The minimum absolute atomic E-state index is 0.00736. The first-order valence-electron chi connectivity index (χ1n) is 5.87. The lowest BCUT2D eigenvalue weighted by Gasteiger charge is -2.31. The van der Waals surface area contributed by atoms with Crippen molar-refractivity contribution in [2.45, 2.75) is 6.92 Å². The van der Waals surface area contributed by atoms with Gasteiger partial charge in [0.15, 0.2) is 0 Å². The van der Waals surface area contributed by atoms with Crippen LogP contribution in [0.15, 0.2) is 21.5 Å². The van der Waals surface area contributed by atoms with Crippen molar-refractivity contribution in [3.05, 3.63) is 27.1 Å². The second kappa shape index (κ2) is 5.24. The minimum atomic E-state index is -0.121. The molecule has 5 nitrogen and oxygen atoms in total. The van der Waals surface area contributed by atoms with Crippen LogP contribution in [0.2, 0.25) is 0 Å². The highest BCUT2D eigenvalue weighted by Gasteiger charge is 2.28. The molecular weight excluding hydrogens is 298 g/mol. The Hall–Kier alpha value is -1.14. The second-order valence-electron chi connectivity index (χ2n) is 4.69. The molecule has 98 valence electrons. The molecule has 2 heterocycles. The molecule has 1 unspecified atom stereocenters. The standard InChI is InChI=1S/C12H16BrN3O2/c1-7(8-4-14-5-8)11(17)15-9-3-10(13)12(18)16(2)6-9/h3,6-8,14H,4-5H2,1-2H3,(H,15,17). The van der Waals surface area contributed by atoms with E-state index in [2.05, 4.69) is 26.6 Å². The quantitative estimate of drug-likeness (QED) is 0.873. The number of amides is 1. The van der Waals surface area contributed by atoms with Crippen molar-refractivity contribution in [2.75, 3.05) is 18.4 Å². The smallest absolute Gasteiger partial charge is 0.264 e. The third-order valence-electron chi connectivity index (χ3n) is 3.34. The second-order valence-corrected chi connectivity index (χ2v) is 5.54. The van der Waals surface area contributed by atoms with Crippen LogP contribution in [-0.2, 0) is 11.8 Å². The molecular formula is C12H16BrN3O2. The number of nitrogens with one attached hydrogen (secondary N) is 2. The summed E-state index contributed by atoms with van der Waals surface area (Å²) in [7, 11) is 1.65. The van der Waals surface area contributed by atoms with Gasteiger partial charge in [-0.15, -0.1) is 0 Å². The Morgan fingerprint density at radius 2 is 2.28 bits per heavy atom. The Morgan fingerprint density at radius 1 is 1.61 bits per heavy atom. The SMILES string of the molecule is CC(C(=O)Nc1cc(Br)c(=O)n(C)c1)C1CNC1. The maximum absolute atomic E-state index is 12.0. The monoisotopic (exact) mass is 313 g/mol. The molecule has 1 fully saturated rings. The number of aromatic nitrogens is 1. The highest BCUT2D eigenvalue weighted by atomic mass is 79.9. The molecule has 2 N–H and O–H groups in total. The van der Waals surface area contributed by atoms with Crippen LogP contribution in [0.1, 0.15) is 6.92 Å². The number of anilines is 1. The van der Waals surface area contributed by atoms with Crippen LogP contribution in [0, 0.1) is 11.8 Å². The summed E-state index contributed by atoms with van der Waals surface area (Å²) in [5.74, 6) is 0.371. The molecule has 1 aromatic heterocycles. The Balaban J connectivity index is 2.09. The zero-order chi connectivity index (χ0) is 13.3. The van der Waals surface area contributed by atoms with E-state index in [0.717, 1.165) is 13.1 Å². The van der Waals surface area contributed by atoms with E-state index < -0.39 is 0 Å². The molecule has 18 heavy (non-hydrogen) atoms. The average molecular weight is 314 g/mol. The van der Waals surface area contributed by atoms with E-state index in [1.165, 1.54) is 4.57 Å². The molecule has 1 aromatic rings. The van der Waals surface area contributed by atoms with Gasteiger partial charge in [0.05, 0.1) is 10.2 Å². The van der Waals surface area contributed by atoms with E-state index in [1.807, 2.05) is 6.92 Å². The zero-order valence-corrected chi connectivity index (χ0v) is 12.0. The highest BCUT2D eigenvalue weighted by Crippen LogP contribution is 2.19. The van der Waals surface area contributed by atoms with Gasteiger partial charge < -0.3 is 15.2 Å². The van der Waals surface area contributed by atoms with E-state index in [9.17, 15) is 9.59 Å². The van der Waals surface area contributed by atoms with Gasteiger partial charge >= 0.3 is 0 Å². The number of carbonyl (C=O) groups is 1. The summed E-state index contributed by atoms with van der Waals surface area (Å²) in [4.78, 5) is 23.5. The molecule has 1 saturated heterocycles. The highest BCUT2D eigenvalue weighted by molar-refractivity contribution is 9.10. The van der Waals surface area contributed by atoms with E-state index in [-0.39, 0.29) is 17.4 Å². The summed E-state index contributed by atoms with van der Waals surface area (Å²) in [6.45, 7) is 3.72. The van der Waals surface area contributed by atoms with Gasteiger partial charge in [-0.2, -0.15) is 0 Å². The topological polar surface area (TPSA) is 63.1 Å². The minimum Gasteiger partial charge on any atom is -0.325 e. The van der Waals surface area contributed by atoms with Crippen molar-refractivity contribution in [1.29, 1.82) is 0 Å². The van der Waals surface area contributed by atoms with Crippen molar-refractivity contribution >= 4 is 27.5 Å². The Kier molecular flexibility index (Phi) is 3.87. The molecule has 6 heteroatoms. The van der Waals surface area contributed by atoms with E-state index in [1.54, 1.807) is 19.3 Å². The van der Waals surface area contributed by atoms with Crippen LogP contribution in [0.5, 0.6) is 0 Å². The molecule has 0 aliphatic carbocycles. The molecule has 0 bridgehead atoms. The fourth-order valence-corrected chi connectivity index (χ4v) is 2.40. The van der Waals surface area contributed by atoms with Crippen LogP contribution >= 0.6 is 15.9 Å². The number of halogens is 1. The predicted octanol–water partition coefficient (Wildman–Crippen LogP) is 0.942. The van der Waals surface area contributed by atoms with Crippen LogP contribution in [0.25, 0.3) is 0 Å². The largest absolute Gasteiger partial charge is 0.325 e. The van der Waals surface area contributed by atoms with Gasteiger partial charge in [-0.1, -0.05) is 6.92 Å². The van der Waals surface area contributed by atoms with Crippen LogP contribution in [0.4, 0.5) is 5.69 Å². The molecule has 0 aromatic carbocycles. The average Bonchev–Trinajstić information content (AvgIpc) is 2.23. The molecule has 1 aliphatic rings. The maximum Gasteiger partial charge on any atom is 0.264 e. The lowest BCUT2D eigenvalue weighted by Crippen LogP contribution is -2.48. The Bertz CT molecular complexity index is 496. The fourth-order valence-electron chi connectivity index (χ4n) is 1.87. The van der Waals surface area contributed by atoms with Gasteiger partial charge in [0.2, 0.25) is 5.91 Å². The van der Waals surface area contributed by atoms with Gasteiger partial charge in [-0.3, -0.25) is 9.59 Å². The first kappa shape index (κ1) is 13.3. The van der Waals surface area contributed by atoms with Crippen molar-refractivity contribution in [3.63, 3.8) is 0 Å².